The monoisotopic (exact) mass is 450 g/mol. The molecule has 9 nitrogen and oxygen atoms in total. The van der Waals surface area contributed by atoms with Crippen molar-refractivity contribution >= 4 is 23.4 Å². The van der Waals surface area contributed by atoms with Crippen LogP contribution in [0.2, 0.25) is 5.02 Å². The Labute approximate surface area is 185 Å². The van der Waals surface area contributed by atoms with Crippen LogP contribution in [0, 0.1) is 6.92 Å². The molecule has 10 heteroatoms. The standard InChI is InChI=1S/C21H27ClN4O5/c1-6-31-17-11-26(21(28)30-5)10-16(17)24-18-12(2)23-19(25(3)20(18)27)14-8-7-13(29-4)9-15(14)22/h7-9,16-17,24H,6,10-11H2,1-5H3/t16-,17+/m1/s1. The molecule has 2 atom stereocenters. The minimum atomic E-state index is -0.429. The van der Waals surface area contributed by atoms with Crippen molar-refractivity contribution in [3.63, 3.8) is 0 Å². The normalized spacial score (nSPS) is 18.2. The Hall–Kier alpha value is -2.78. The van der Waals surface area contributed by atoms with E-state index in [2.05, 4.69) is 10.3 Å². The van der Waals surface area contributed by atoms with E-state index in [9.17, 15) is 9.59 Å². The summed E-state index contributed by atoms with van der Waals surface area (Å²) in [6.45, 7) is 4.86. The number of carbonyl (C=O) groups excluding carboxylic acids is 1. The molecule has 0 radical (unpaired) electrons. The molecule has 1 saturated heterocycles. The lowest BCUT2D eigenvalue weighted by Crippen LogP contribution is -2.38. The topological polar surface area (TPSA) is 94.9 Å². The van der Waals surface area contributed by atoms with E-state index < -0.39 is 6.09 Å². The third kappa shape index (κ3) is 4.62. The number of anilines is 1. The van der Waals surface area contributed by atoms with Gasteiger partial charge in [-0.2, -0.15) is 0 Å². The number of benzene rings is 1. The summed E-state index contributed by atoms with van der Waals surface area (Å²) in [7, 11) is 4.54. The van der Waals surface area contributed by atoms with Gasteiger partial charge in [0.25, 0.3) is 5.56 Å². The molecule has 1 aliphatic rings. The molecule has 2 aromatic rings. The fourth-order valence-electron chi connectivity index (χ4n) is 3.68. The summed E-state index contributed by atoms with van der Waals surface area (Å²) < 4.78 is 17.2. The van der Waals surface area contributed by atoms with E-state index in [1.807, 2.05) is 6.92 Å². The number of carbonyl (C=O) groups is 1. The molecule has 1 fully saturated rings. The van der Waals surface area contributed by atoms with Crippen molar-refractivity contribution in [2.24, 2.45) is 7.05 Å². The molecule has 1 aliphatic heterocycles. The summed E-state index contributed by atoms with van der Waals surface area (Å²) in [6.07, 6.45) is -0.704. The summed E-state index contributed by atoms with van der Waals surface area (Å²) in [5, 5.41) is 3.68. The number of hydrogen-bond donors (Lipinski definition) is 1. The molecule has 0 aliphatic carbocycles. The second-order valence-corrected chi connectivity index (χ2v) is 7.63. The number of nitrogens with one attached hydrogen (secondary N) is 1. The molecule has 1 N–H and O–H groups in total. The Morgan fingerprint density at radius 1 is 1.32 bits per heavy atom. The lowest BCUT2D eigenvalue weighted by molar-refractivity contribution is 0.0614. The second-order valence-electron chi connectivity index (χ2n) is 7.23. The van der Waals surface area contributed by atoms with Gasteiger partial charge in [-0.1, -0.05) is 11.6 Å². The third-order valence-corrected chi connectivity index (χ3v) is 5.61. The molecule has 0 saturated carbocycles. The van der Waals surface area contributed by atoms with Crippen LogP contribution < -0.4 is 15.6 Å². The van der Waals surface area contributed by atoms with Gasteiger partial charge < -0.3 is 24.4 Å². The number of nitrogens with zero attached hydrogens (tertiary/aromatic N) is 3. The molecule has 31 heavy (non-hydrogen) atoms. The molecule has 0 spiro atoms. The average molecular weight is 451 g/mol. The number of amides is 1. The van der Waals surface area contributed by atoms with Gasteiger partial charge in [0.15, 0.2) is 0 Å². The summed E-state index contributed by atoms with van der Waals surface area (Å²) in [5.41, 5.74) is 1.26. The minimum Gasteiger partial charge on any atom is -0.497 e. The van der Waals surface area contributed by atoms with Crippen LogP contribution in [0.3, 0.4) is 0 Å². The summed E-state index contributed by atoms with van der Waals surface area (Å²) in [6, 6.07) is 4.94. The van der Waals surface area contributed by atoms with Crippen LogP contribution in [0.25, 0.3) is 11.4 Å². The Kier molecular flexibility index (Phi) is 7.07. The highest BCUT2D eigenvalue weighted by molar-refractivity contribution is 6.33. The van der Waals surface area contributed by atoms with Crippen molar-refractivity contribution in [3.05, 3.63) is 39.3 Å². The van der Waals surface area contributed by atoms with Gasteiger partial charge in [-0.25, -0.2) is 9.78 Å². The Morgan fingerprint density at radius 2 is 2.06 bits per heavy atom. The molecule has 3 rings (SSSR count). The van der Waals surface area contributed by atoms with Gasteiger partial charge in [0.2, 0.25) is 0 Å². The lowest BCUT2D eigenvalue weighted by Gasteiger charge is -2.22. The van der Waals surface area contributed by atoms with Crippen LogP contribution in [0.5, 0.6) is 5.75 Å². The zero-order chi connectivity index (χ0) is 22.7. The van der Waals surface area contributed by atoms with Gasteiger partial charge in [0, 0.05) is 25.8 Å². The molecule has 1 amide bonds. The summed E-state index contributed by atoms with van der Waals surface area (Å²) in [5.74, 6) is 1.07. The maximum atomic E-state index is 13.2. The first-order valence-electron chi connectivity index (χ1n) is 9.93. The van der Waals surface area contributed by atoms with Gasteiger partial charge >= 0.3 is 6.09 Å². The first-order chi connectivity index (χ1) is 14.8. The zero-order valence-corrected chi connectivity index (χ0v) is 19.0. The largest absolute Gasteiger partial charge is 0.497 e. The molecule has 1 aromatic carbocycles. The third-order valence-electron chi connectivity index (χ3n) is 5.30. The molecular weight excluding hydrogens is 424 g/mol. The van der Waals surface area contributed by atoms with Gasteiger partial charge in [-0.3, -0.25) is 9.36 Å². The van der Waals surface area contributed by atoms with E-state index in [1.165, 1.54) is 11.7 Å². The van der Waals surface area contributed by atoms with E-state index >= 15 is 0 Å². The van der Waals surface area contributed by atoms with Crippen molar-refractivity contribution in [1.82, 2.24) is 14.5 Å². The van der Waals surface area contributed by atoms with Gasteiger partial charge in [-0.15, -0.1) is 0 Å². The van der Waals surface area contributed by atoms with Crippen LogP contribution >= 0.6 is 11.6 Å². The van der Waals surface area contributed by atoms with Crippen molar-refractivity contribution in [1.29, 1.82) is 0 Å². The van der Waals surface area contributed by atoms with Gasteiger partial charge in [0.05, 0.1) is 43.6 Å². The van der Waals surface area contributed by atoms with Crippen LogP contribution in [0.1, 0.15) is 12.6 Å². The molecule has 1 aromatic heterocycles. The van der Waals surface area contributed by atoms with E-state index in [0.717, 1.165) is 0 Å². The molecule has 0 bridgehead atoms. The lowest BCUT2D eigenvalue weighted by atomic mass is 10.1. The Balaban J connectivity index is 1.94. The van der Waals surface area contributed by atoms with Crippen LogP contribution in [0.15, 0.2) is 23.0 Å². The fourth-order valence-corrected chi connectivity index (χ4v) is 3.93. The van der Waals surface area contributed by atoms with Gasteiger partial charge in [0.1, 0.15) is 17.3 Å². The SMILES string of the molecule is CCO[C@H]1CN(C(=O)OC)C[C@H]1Nc1c(C)nc(-c2ccc(OC)cc2Cl)n(C)c1=O. The number of likely N-dealkylation sites (tertiary alicyclic amines) is 1. The summed E-state index contributed by atoms with van der Waals surface area (Å²) in [4.78, 5) is 31.3. The smallest absolute Gasteiger partial charge is 0.409 e. The first kappa shape index (κ1) is 22.9. The Morgan fingerprint density at radius 3 is 2.68 bits per heavy atom. The van der Waals surface area contributed by atoms with E-state index in [0.29, 0.717) is 53.2 Å². The van der Waals surface area contributed by atoms with Crippen LogP contribution in [0.4, 0.5) is 10.5 Å². The zero-order valence-electron chi connectivity index (χ0n) is 18.3. The van der Waals surface area contributed by atoms with Crippen molar-refractivity contribution in [2.45, 2.75) is 26.0 Å². The average Bonchev–Trinajstić information content (AvgIpc) is 3.16. The fraction of sp³-hybridized carbons (Fsp3) is 0.476. The number of rotatable bonds is 6. The highest BCUT2D eigenvalue weighted by Gasteiger charge is 2.37. The number of aromatic nitrogens is 2. The van der Waals surface area contributed by atoms with Crippen molar-refractivity contribution < 1.29 is 19.0 Å². The van der Waals surface area contributed by atoms with E-state index in [-0.39, 0.29) is 17.7 Å². The maximum absolute atomic E-state index is 13.2. The van der Waals surface area contributed by atoms with Crippen molar-refractivity contribution in [2.75, 3.05) is 39.2 Å². The highest BCUT2D eigenvalue weighted by atomic mass is 35.5. The summed E-state index contributed by atoms with van der Waals surface area (Å²) >= 11 is 6.39. The van der Waals surface area contributed by atoms with E-state index in [1.54, 1.807) is 44.2 Å². The van der Waals surface area contributed by atoms with E-state index in [4.69, 9.17) is 25.8 Å². The van der Waals surface area contributed by atoms with Crippen LogP contribution in [-0.4, -0.2) is 66.6 Å². The molecule has 168 valence electrons. The Bertz CT molecular complexity index is 1030. The number of aryl methyl sites for hydroxylation is 1. The first-order valence-corrected chi connectivity index (χ1v) is 10.3. The number of ether oxygens (including phenoxy) is 3. The quantitative estimate of drug-likeness (QED) is 0.722. The number of halogens is 1. The number of methoxy groups -OCH3 is 2. The number of hydrogen-bond acceptors (Lipinski definition) is 7. The molecular formula is C21H27ClN4O5. The maximum Gasteiger partial charge on any atom is 0.409 e. The molecule has 0 unspecified atom stereocenters. The highest BCUT2D eigenvalue weighted by Crippen LogP contribution is 2.30. The second kappa shape index (κ2) is 9.57. The minimum absolute atomic E-state index is 0.249. The van der Waals surface area contributed by atoms with Crippen LogP contribution in [-0.2, 0) is 16.5 Å². The predicted octanol–water partition coefficient (Wildman–Crippen LogP) is 2.69. The molecule has 2 heterocycles. The van der Waals surface area contributed by atoms with Crippen molar-refractivity contribution in [3.8, 4) is 17.1 Å². The van der Waals surface area contributed by atoms with Gasteiger partial charge in [-0.05, 0) is 32.0 Å². The predicted molar refractivity (Wildman–Crippen MR) is 118 cm³/mol.